The van der Waals surface area contributed by atoms with Gasteiger partial charge in [0.1, 0.15) is 35.7 Å². The van der Waals surface area contributed by atoms with Crippen LogP contribution in [0.3, 0.4) is 0 Å². The van der Waals surface area contributed by atoms with Crippen molar-refractivity contribution in [2.75, 3.05) is 83.5 Å². The second-order valence-electron chi connectivity index (χ2n) is 16.0. The first-order chi connectivity index (χ1) is 29.2. The monoisotopic (exact) mass is 832 g/mol. The molecule has 9 rings (SSSR count). The average Bonchev–Trinajstić information content (AvgIpc) is 3.78. The second-order valence-corrected chi connectivity index (χ2v) is 17.0. The summed E-state index contributed by atoms with van der Waals surface area (Å²) in [6, 6.07) is 24.6. The number of hydrogen-bond acceptors (Lipinski definition) is 11. The fourth-order valence-electron chi connectivity index (χ4n) is 8.71. The minimum Gasteiger partial charge on any atom is -0.508 e. The SMILES string of the molecule is O=C1CCC(N2Cc3cc(N4CCN(CCCN5CCN(CCOc6ccc(Oc7c(-c8ccc(F)cc8)sc8cc(O)ccc78)cc6)CC5)CC4)ccc3C2=O)C(=O)N1. The number of imide groups is 1. The average molecular weight is 833 g/mol. The van der Waals surface area contributed by atoms with Crippen LogP contribution in [0.2, 0.25) is 0 Å². The van der Waals surface area contributed by atoms with Crippen LogP contribution >= 0.6 is 11.3 Å². The standard InChI is InChI=1S/C46H49FN6O6S/c47-33-4-2-31(3-5-33)44-43(39-13-7-35(54)29-41(39)60-44)59-37-10-8-36(9-11-37)58-27-26-51-20-18-49(19-21-51)16-1-17-50-22-24-52(25-23-50)34-6-12-38-32(28-34)30-53(46(38)57)40-14-15-42(55)48-45(40)56/h2-13,28-29,40,54H,1,14-27,30H2,(H,48,55,56). The fourth-order valence-corrected chi connectivity index (χ4v) is 9.88. The summed E-state index contributed by atoms with van der Waals surface area (Å²) in [5, 5.41) is 13.3. The van der Waals surface area contributed by atoms with Crippen LogP contribution in [0.1, 0.15) is 35.2 Å². The molecule has 0 aliphatic carbocycles. The first-order valence-corrected chi connectivity index (χ1v) is 21.7. The van der Waals surface area contributed by atoms with Crippen LogP contribution in [0.5, 0.6) is 23.0 Å². The van der Waals surface area contributed by atoms with E-state index in [0.29, 0.717) is 36.6 Å². The molecule has 0 bridgehead atoms. The molecular formula is C46H49FN6O6S. The molecule has 312 valence electrons. The van der Waals surface area contributed by atoms with Crippen molar-refractivity contribution < 1.29 is 33.4 Å². The Morgan fingerprint density at radius 1 is 0.767 bits per heavy atom. The number of phenolic OH excluding ortho intramolecular Hbond substituents is 1. The number of halogens is 1. The largest absolute Gasteiger partial charge is 0.508 e. The molecule has 4 aliphatic heterocycles. The van der Waals surface area contributed by atoms with Gasteiger partial charge in [-0.05, 0) is 110 Å². The van der Waals surface area contributed by atoms with Gasteiger partial charge >= 0.3 is 0 Å². The van der Waals surface area contributed by atoms with Crippen LogP contribution in [-0.2, 0) is 16.1 Å². The summed E-state index contributed by atoms with van der Waals surface area (Å²) in [6.07, 6.45) is 1.76. The van der Waals surface area contributed by atoms with Gasteiger partial charge in [-0.25, -0.2) is 4.39 Å². The molecule has 3 amide bonds. The number of hydrogen-bond donors (Lipinski definition) is 2. The van der Waals surface area contributed by atoms with Gasteiger partial charge in [-0.2, -0.15) is 0 Å². The smallest absolute Gasteiger partial charge is 0.255 e. The first-order valence-electron chi connectivity index (χ1n) is 20.9. The Balaban J connectivity index is 0.673. The van der Waals surface area contributed by atoms with E-state index in [1.165, 1.54) is 23.5 Å². The maximum absolute atomic E-state index is 13.7. The highest BCUT2D eigenvalue weighted by atomic mass is 32.1. The van der Waals surface area contributed by atoms with Crippen molar-refractivity contribution in [1.29, 1.82) is 0 Å². The van der Waals surface area contributed by atoms with Gasteiger partial charge in [0.05, 0.1) is 4.88 Å². The third-order valence-electron chi connectivity index (χ3n) is 12.1. The van der Waals surface area contributed by atoms with Gasteiger partial charge < -0.3 is 29.3 Å². The number of piperidine rings is 1. The molecule has 60 heavy (non-hydrogen) atoms. The zero-order valence-corrected chi connectivity index (χ0v) is 34.3. The van der Waals surface area contributed by atoms with Crippen molar-refractivity contribution >= 4 is 44.8 Å². The molecule has 1 atom stereocenters. The number of thiophene rings is 1. The molecule has 2 N–H and O–H groups in total. The number of carbonyl (C=O) groups excluding carboxylic acids is 3. The third-order valence-corrected chi connectivity index (χ3v) is 13.3. The highest BCUT2D eigenvalue weighted by molar-refractivity contribution is 7.22. The predicted octanol–water partition coefficient (Wildman–Crippen LogP) is 6.18. The van der Waals surface area contributed by atoms with Gasteiger partial charge in [0, 0.05) is 93.2 Å². The van der Waals surface area contributed by atoms with Crippen LogP contribution in [0.15, 0.2) is 84.9 Å². The van der Waals surface area contributed by atoms with E-state index in [9.17, 15) is 23.9 Å². The van der Waals surface area contributed by atoms with E-state index in [4.69, 9.17) is 9.47 Å². The lowest BCUT2D eigenvalue weighted by molar-refractivity contribution is -0.136. The lowest BCUT2D eigenvalue weighted by Crippen LogP contribution is -2.52. The maximum atomic E-state index is 13.7. The van der Waals surface area contributed by atoms with E-state index in [1.807, 2.05) is 42.5 Å². The van der Waals surface area contributed by atoms with E-state index in [1.54, 1.807) is 29.2 Å². The molecule has 12 nitrogen and oxygen atoms in total. The minimum absolute atomic E-state index is 0.133. The number of fused-ring (bicyclic) bond motifs is 2. The summed E-state index contributed by atoms with van der Waals surface area (Å²) in [5.41, 5.74) is 3.56. The molecular weight excluding hydrogens is 784 g/mol. The molecule has 4 aromatic carbocycles. The highest BCUT2D eigenvalue weighted by Crippen LogP contribution is 2.47. The van der Waals surface area contributed by atoms with E-state index in [0.717, 1.165) is 116 Å². The van der Waals surface area contributed by atoms with Gasteiger partial charge in [-0.15, -0.1) is 11.3 Å². The summed E-state index contributed by atoms with van der Waals surface area (Å²) in [7, 11) is 0. The predicted molar refractivity (Wildman–Crippen MR) is 230 cm³/mol. The number of nitrogens with zero attached hydrogens (tertiary/aromatic N) is 5. The Morgan fingerprint density at radius 2 is 1.45 bits per heavy atom. The van der Waals surface area contributed by atoms with Crippen LogP contribution in [0.4, 0.5) is 10.1 Å². The maximum Gasteiger partial charge on any atom is 0.255 e. The Morgan fingerprint density at radius 3 is 2.17 bits per heavy atom. The lowest BCUT2D eigenvalue weighted by Gasteiger charge is -2.37. The Labute approximate surface area is 352 Å². The molecule has 1 unspecified atom stereocenters. The normalized spacial score (nSPS) is 19.2. The summed E-state index contributed by atoms with van der Waals surface area (Å²) >= 11 is 1.49. The van der Waals surface area contributed by atoms with Crippen molar-refractivity contribution in [3.8, 4) is 33.4 Å². The number of rotatable bonds is 13. The van der Waals surface area contributed by atoms with Crippen LogP contribution in [0.25, 0.3) is 20.5 Å². The van der Waals surface area contributed by atoms with E-state index >= 15 is 0 Å². The zero-order valence-electron chi connectivity index (χ0n) is 33.5. The van der Waals surface area contributed by atoms with Crippen molar-refractivity contribution in [1.82, 2.24) is 24.9 Å². The van der Waals surface area contributed by atoms with Gasteiger partial charge in [0.15, 0.2) is 5.75 Å². The van der Waals surface area contributed by atoms with Gasteiger partial charge in [0.25, 0.3) is 5.91 Å². The number of amides is 3. The molecule has 5 heterocycles. The topological polar surface area (TPSA) is 118 Å². The van der Waals surface area contributed by atoms with Crippen molar-refractivity contribution in [2.45, 2.75) is 31.8 Å². The number of benzene rings is 4. The molecule has 3 fully saturated rings. The number of piperazine rings is 2. The summed E-state index contributed by atoms with van der Waals surface area (Å²) in [5.74, 6) is 1.21. The molecule has 1 aromatic heterocycles. The second kappa shape index (κ2) is 17.6. The number of nitrogens with one attached hydrogen (secondary N) is 1. The Kier molecular flexibility index (Phi) is 11.7. The quantitative estimate of drug-likeness (QED) is 0.133. The summed E-state index contributed by atoms with van der Waals surface area (Å²) in [6.45, 7) is 12.1. The van der Waals surface area contributed by atoms with Crippen molar-refractivity contribution in [3.05, 3.63) is 102 Å². The lowest BCUT2D eigenvalue weighted by atomic mass is 10.0. The Bertz CT molecular complexity index is 2360. The fraction of sp³-hybridized carbons (Fsp3) is 0.370. The van der Waals surface area contributed by atoms with Crippen LogP contribution < -0.4 is 19.7 Å². The van der Waals surface area contributed by atoms with E-state index < -0.39 is 6.04 Å². The summed E-state index contributed by atoms with van der Waals surface area (Å²) < 4.78 is 27.1. The Hall–Kier alpha value is -5.54. The van der Waals surface area contributed by atoms with E-state index in [2.05, 4.69) is 31.0 Å². The molecule has 0 radical (unpaired) electrons. The van der Waals surface area contributed by atoms with Gasteiger partial charge in [-0.3, -0.25) is 29.5 Å². The summed E-state index contributed by atoms with van der Waals surface area (Å²) in [4.78, 5) is 49.6. The number of carbonyl (C=O) groups is 3. The van der Waals surface area contributed by atoms with Crippen LogP contribution in [-0.4, -0.2) is 127 Å². The van der Waals surface area contributed by atoms with E-state index in [-0.39, 0.29) is 35.7 Å². The highest BCUT2D eigenvalue weighted by Gasteiger charge is 2.39. The molecule has 0 saturated carbocycles. The minimum atomic E-state index is -0.595. The van der Waals surface area contributed by atoms with Crippen LogP contribution in [0, 0.1) is 5.82 Å². The zero-order chi connectivity index (χ0) is 41.2. The molecule has 0 spiro atoms. The third kappa shape index (κ3) is 8.83. The van der Waals surface area contributed by atoms with Gasteiger partial charge in [-0.1, -0.05) is 12.1 Å². The molecule has 3 saturated heterocycles. The van der Waals surface area contributed by atoms with Gasteiger partial charge in [0.2, 0.25) is 11.8 Å². The number of anilines is 1. The number of aromatic hydroxyl groups is 1. The molecule has 4 aliphatic rings. The van der Waals surface area contributed by atoms with Crippen molar-refractivity contribution in [3.63, 3.8) is 0 Å². The molecule has 14 heteroatoms. The number of ether oxygens (including phenoxy) is 2. The number of phenols is 1. The first kappa shape index (κ1) is 39.9. The molecule has 5 aromatic rings. The van der Waals surface area contributed by atoms with Crippen molar-refractivity contribution in [2.24, 2.45) is 0 Å².